The van der Waals surface area contributed by atoms with Gasteiger partial charge in [-0.1, -0.05) is 6.92 Å². The molecule has 2 unspecified atom stereocenters. The van der Waals surface area contributed by atoms with Gasteiger partial charge >= 0.3 is 5.97 Å². The minimum atomic E-state index is -0.187. The van der Waals surface area contributed by atoms with E-state index < -0.39 is 0 Å². The Labute approximate surface area is 97.9 Å². The van der Waals surface area contributed by atoms with E-state index in [-0.39, 0.29) is 18.0 Å². The zero-order valence-corrected chi connectivity index (χ0v) is 10.7. The van der Waals surface area contributed by atoms with Crippen LogP contribution in [0.25, 0.3) is 0 Å². The van der Waals surface area contributed by atoms with Gasteiger partial charge in [0.05, 0.1) is 19.1 Å². The summed E-state index contributed by atoms with van der Waals surface area (Å²) in [5.74, 6) is -0.317. The highest BCUT2D eigenvalue weighted by Crippen LogP contribution is 2.02. The van der Waals surface area contributed by atoms with Crippen molar-refractivity contribution in [2.75, 3.05) is 40.4 Å². The summed E-state index contributed by atoms with van der Waals surface area (Å²) in [5, 5.41) is 0. The highest BCUT2D eigenvalue weighted by Gasteiger charge is 2.17. The van der Waals surface area contributed by atoms with Crippen LogP contribution < -0.4 is 5.73 Å². The molecule has 0 rings (SSSR count). The molecule has 0 saturated heterocycles. The second kappa shape index (κ2) is 8.50. The van der Waals surface area contributed by atoms with Gasteiger partial charge in [-0.3, -0.25) is 4.79 Å². The van der Waals surface area contributed by atoms with Crippen molar-refractivity contribution >= 4 is 5.97 Å². The lowest BCUT2D eigenvalue weighted by Gasteiger charge is -2.24. The maximum atomic E-state index is 11.2. The Bertz CT molecular complexity index is 200. The molecule has 0 fully saturated rings. The molecule has 96 valence electrons. The lowest BCUT2D eigenvalue weighted by molar-refractivity contribution is -0.145. The van der Waals surface area contributed by atoms with E-state index in [0.29, 0.717) is 19.7 Å². The number of ether oxygens (including phenoxy) is 2. The fourth-order valence-electron chi connectivity index (χ4n) is 1.60. The monoisotopic (exact) mass is 232 g/mol. The van der Waals surface area contributed by atoms with E-state index in [2.05, 4.69) is 4.74 Å². The molecular formula is C11H24N2O3. The Hall–Kier alpha value is -0.650. The molecule has 0 amide bonds. The van der Waals surface area contributed by atoms with Gasteiger partial charge in [0.1, 0.15) is 0 Å². The van der Waals surface area contributed by atoms with Crippen molar-refractivity contribution in [3.8, 4) is 0 Å². The predicted molar refractivity (Wildman–Crippen MR) is 63.1 cm³/mol. The lowest BCUT2D eigenvalue weighted by Crippen LogP contribution is -2.39. The fourth-order valence-corrected chi connectivity index (χ4v) is 1.60. The van der Waals surface area contributed by atoms with Crippen LogP contribution in [0.5, 0.6) is 0 Å². The van der Waals surface area contributed by atoms with Gasteiger partial charge in [0.25, 0.3) is 0 Å². The summed E-state index contributed by atoms with van der Waals surface area (Å²) in [6.07, 6.45) is 0.0276. The number of carbonyl (C=O) groups is 1. The van der Waals surface area contributed by atoms with Gasteiger partial charge in [-0.2, -0.15) is 0 Å². The largest absolute Gasteiger partial charge is 0.469 e. The van der Waals surface area contributed by atoms with Crippen LogP contribution in [0.15, 0.2) is 0 Å². The van der Waals surface area contributed by atoms with Crippen molar-refractivity contribution in [3.63, 3.8) is 0 Å². The Kier molecular flexibility index (Phi) is 8.15. The Morgan fingerprint density at radius 1 is 1.44 bits per heavy atom. The molecule has 0 spiro atoms. The normalized spacial score (nSPS) is 14.9. The minimum absolute atomic E-state index is 0.0276. The maximum Gasteiger partial charge on any atom is 0.309 e. The molecule has 16 heavy (non-hydrogen) atoms. The van der Waals surface area contributed by atoms with Crippen LogP contribution in [-0.4, -0.2) is 57.4 Å². The Balaban J connectivity index is 3.95. The molecule has 0 heterocycles. The van der Waals surface area contributed by atoms with Gasteiger partial charge in [0.2, 0.25) is 0 Å². The summed E-state index contributed by atoms with van der Waals surface area (Å²) >= 11 is 0. The molecule has 5 nitrogen and oxygen atoms in total. The Morgan fingerprint density at radius 3 is 2.50 bits per heavy atom. The van der Waals surface area contributed by atoms with Crippen LogP contribution in [0.4, 0.5) is 0 Å². The van der Waals surface area contributed by atoms with Crippen molar-refractivity contribution in [1.82, 2.24) is 4.90 Å². The summed E-state index contributed by atoms with van der Waals surface area (Å²) in [6.45, 7) is 6.31. The predicted octanol–water partition coefficient (Wildman–Crippen LogP) is 0.0911. The van der Waals surface area contributed by atoms with Crippen LogP contribution in [0.1, 0.15) is 13.8 Å². The smallest absolute Gasteiger partial charge is 0.309 e. The van der Waals surface area contributed by atoms with E-state index in [9.17, 15) is 4.79 Å². The van der Waals surface area contributed by atoms with Crippen LogP contribution in [-0.2, 0) is 14.3 Å². The van der Waals surface area contributed by atoms with E-state index in [1.54, 1.807) is 0 Å². The molecule has 0 saturated carbocycles. The van der Waals surface area contributed by atoms with E-state index >= 15 is 0 Å². The molecule has 2 N–H and O–H groups in total. The molecule has 0 aromatic rings. The zero-order valence-electron chi connectivity index (χ0n) is 10.7. The highest BCUT2D eigenvalue weighted by atomic mass is 16.5. The summed E-state index contributed by atoms with van der Waals surface area (Å²) in [4.78, 5) is 13.3. The first-order valence-electron chi connectivity index (χ1n) is 5.63. The zero-order chi connectivity index (χ0) is 12.6. The first kappa shape index (κ1) is 15.3. The van der Waals surface area contributed by atoms with Crippen LogP contribution in [0, 0.1) is 5.92 Å². The minimum Gasteiger partial charge on any atom is -0.469 e. The van der Waals surface area contributed by atoms with E-state index in [4.69, 9.17) is 10.5 Å². The number of methoxy groups -OCH3 is 1. The number of nitrogens with zero attached hydrogens (tertiary/aromatic N) is 1. The third-order valence-corrected chi connectivity index (χ3v) is 2.37. The quantitative estimate of drug-likeness (QED) is 0.601. The third-order valence-electron chi connectivity index (χ3n) is 2.37. The van der Waals surface area contributed by atoms with Gasteiger partial charge in [0.15, 0.2) is 0 Å². The number of likely N-dealkylation sites (N-methyl/N-ethyl adjacent to an activating group) is 1. The summed E-state index contributed by atoms with van der Waals surface area (Å²) in [5.41, 5.74) is 5.58. The summed E-state index contributed by atoms with van der Waals surface area (Å²) in [7, 11) is 3.35. The fraction of sp³-hybridized carbons (Fsp3) is 0.909. The van der Waals surface area contributed by atoms with Gasteiger partial charge in [-0.25, -0.2) is 0 Å². The average molecular weight is 232 g/mol. The third kappa shape index (κ3) is 6.05. The van der Waals surface area contributed by atoms with Crippen LogP contribution >= 0.6 is 0 Å². The van der Waals surface area contributed by atoms with E-state index in [1.807, 2.05) is 25.8 Å². The molecule has 0 radical (unpaired) electrons. The Morgan fingerprint density at radius 2 is 2.06 bits per heavy atom. The standard InChI is InChI=1S/C11H24N2O3/c1-5-16-10(6-12)8-13(3)7-9(2)11(14)15-4/h9-10H,5-8,12H2,1-4H3. The van der Waals surface area contributed by atoms with Crippen molar-refractivity contribution < 1.29 is 14.3 Å². The van der Waals surface area contributed by atoms with Gasteiger partial charge < -0.3 is 20.1 Å². The molecule has 0 aliphatic rings. The van der Waals surface area contributed by atoms with Gasteiger partial charge in [0, 0.05) is 26.2 Å². The number of esters is 1. The summed E-state index contributed by atoms with van der Waals surface area (Å²) < 4.78 is 10.1. The number of hydrogen-bond acceptors (Lipinski definition) is 5. The second-order valence-electron chi connectivity index (χ2n) is 3.96. The van der Waals surface area contributed by atoms with Crippen molar-refractivity contribution in [1.29, 1.82) is 0 Å². The number of carbonyl (C=O) groups excluding carboxylic acids is 1. The SMILES string of the molecule is CCOC(CN)CN(C)CC(C)C(=O)OC. The molecule has 0 aromatic carbocycles. The molecule has 2 atom stereocenters. The molecule has 0 aliphatic heterocycles. The molecule has 0 aliphatic carbocycles. The summed E-state index contributed by atoms with van der Waals surface area (Å²) in [6, 6.07) is 0. The van der Waals surface area contributed by atoms with Gasteiger partial charge in [-0.05, 0) is 14.0 Å². The van der Waals surface area contributed by atoms with Crippen LogP contribution in [0.3, 0.4) is 0 Å². The maximum absolute atomic E-state index is 11.2. The second-order valence-corrected chi connectivity index (χ2v) is 3.96. The van der Waals surface area contributed by atoms with Crippen LogP contribution in [0.2, 0.25) is 0 Å². The van der Waals surface area contributed by atoms with Crippen molar-refractivity contribution in [3.05, 3.63) is 0 Å². The molecule has 0 aromatic heterocycles. The van der Waals surface area contributed by atoms with Crippen molar-refractivity contribution in [2.45, 2.75) is 20.0 Å². The number of nitrogens with two attached hydrogens (primary N) is 1. The number of rotatable bonds is 8. The molecule has 0 bridgehead atoms. The molecular weight excluding hydrogens is 208 g/mol. The highest BCUT2D eigenvalue weighted by molar-refractivity contribution is 5.71. The van der Waals surface area contributed by atoms with E-state index in [1.165, 1.54) is 7.11 Å². The average Bonchev–Trinajstić information content (AvgIpc) is 2.27. The lowest BCUT2D eigenvalue weighted by atomic mass is 10.1. The van der Waals surface area contributed by atoms with Crippen molar-refractivity contribution in [2.24, 2.45) is 11.7 Å². The van der Waals surface area contributed by atoms with Gasteiger partial charge in [-0.15, -0.1) is 0 Å². The topological polar surface area (TPSA) is 64.8 Å². The molecule has 5 heteroatoms. The first-order valence-corrected chi connectivity index (χ1v) is 5.63. The van der Waals surface area contributed by atoms with E-state index in [0.717, 1.165) is 6.54 Å². The number of hydrogen-bond donors (Lipinski definition) is 1. The first-order chi connectivity index (χ1) is 7.54.